The number of hydrogen-bond acceptors (Lipinski definition) is 1. The van der Waals surface area contributed by atoms with Crippen molar-refractivity contribution in [2.45, 2.75) is 0 Å². The lowest BCUT2D eigenvalue weighted by Gasteiger charge is -2.01. The molecule has 0 aliphatic heterocycles. The minimum absolute atomic E-state index is 0.00996. The fourth-order valence-electron chi connectivity index (χ4n) is 1.31. The van der Waals surface area contributed by atoms with Crippen LogP contribution in [0.2, 0.25) is 5.02 Å². The summed E-state index contributed by atoms with van der Waals surface area (Å²) in [6, 6.07) is 7.55. The number of H-pyrrole nitrogens is 1. The lowest BCUT2D eigenvalue weighted by Crippen LogP contribution is -2.06. The van der Waals surface area contributed by atoms with Crippen molar-refractivity contribution >= 4 is 11.6 Å². The summed E-state index contributed by atoms with van der Waals surface area (Å²) in [6.07, 6.45) is 1.54. The summed E-state index contributed by atoms with van der Waals surface area (Å²) in [6.45, 7) is 0. The molecular weight excluding hydrogens is 217 g/mol. The highest BCUT2D eigenvalue weighted by atomic mass is 35.5. The number of halogens is 2. The minimum atomic E-state index is -0.493. The Balaban J connectivity index is 2.60. The Kier molecular flexibility index (Phi) is 2.56. The first-order valence-corrected chi connectivity index (χ1v) is 4.69. The number of rotatable bonds is 1. The van der Waals surface area contributed by atoms with Crippen LogP contribution in [0, 0.1) is 5.82 Å². The lowest BCUT2D eigenvalue weighted by molar-refractivity contribution is 0.628. The third-order valence-electron chi connectivity index (χ3n) is 2.05. The van der Waals surface area contributed by atoms with E-state index in [0.29, 0.717) is 11.1 Å². The van der Waals surface area contributed by atoms with Crippen molar-refractivity contribution < 1.29 is 4.39 Å². The third-order valence-corrected chi connectivity index (χ3v) is 2.34. The van der Waals surface area contributed by atoms with Crippen molar-refractivity contribution in [2.75, 3.05) is 0 Å². The smallest absolute Gasteiger partial charge is 0.255 e. The van der Waals surface area contributed by atoms with Gasteiger partial charge >= 0.3 is 0 Å². The molecule has 1 aromatic carbocycles. The Morgan fingerprint density at radius 3 is 2.73 bits per heavy atom. The molecule has 0 aliphatic rings. The Bertz CT molecular complexity index is 550. The molecule has 1 aromatic heterocycles. The largest absolute Gasteiger partial charge is 0.329 e. The molecule has 76 valence electrons. The molecular formula is C11H7ClFNO. The number of nitrogens with one attached hydrogen (secondary N) is 1. The van der Waals surface area contributed by atoms with Crippen LogP contribution < -0.4 is 5.56 Å². The molecule has 0 radical (unpaired) electrons. The van der Waals surface area contributed by atoms with Crippen LogP contribution in [-0.2, 0) is 0 Å². The van der Waals surface area contributed by atoms with Crippen LogP contribution >= 0.6 is 11.6 Å². The number of benzene rings is 1. The first-order chi connectivity index (χ1) is 7.18. The molecule has 0 saturated heterocycles. The van der Waals surface area contributed by atoms with E-state index >= 15 is 0 Å². The average Bonchev–Trinajstić information content (AvgIpc) is 2.23. The van der Waals surface area contributed by atoms with E-state index in [1.54, 1.807) is 12.1 Å². The van der Waals surface area contributed by atoms with Crippen molar-refractivity contribution in [1.82, 2.24) is 4.98 Å². The standard InChI is InChI=1S/C11H7ClFNO/c12-9-6-7(3-4-10(9)13)8-2-1-5-14-11(8)15/h1-6H,(H,14,15). The van der Waals surface area contributed by atoms with E-state index in [4.69, 9.17) is 11.6 Å². The number of aromatic nitrogens is 1. The molecule has 0 amide bonds. The molecule has 0 aliphatic carbocycles. The van der Waals surface area contributed by atoms with Gasteiger partial charge in [-0.2, -0.15) is 0 Å². The zero-order valence-corrected chi connectivity index (χ0v) is 8.38. The Hall–Kier alpha value is -1.61. The number of pyridine rings is 1. The van der Waals surface area contributed by atoms with E-state index in [1.165, 1.54) is 24.4 Å². The summed E-state index contributed by atoms with van der Waals surface area (Å²) in [4.78, 5) is 14.0. The molecule has 0 bridgehead atoms. The van der Waals surface area contributed by atoms with Crippen LogP contribution in [0.3, 0.4) is 0 Å². The van der Waals surface area contributed by atoms with Crippen LogP contribution in [0.25, 0.3) is 11.1 Å². The maximum atomic E-state index is 12.9. The molecule has 1 heterocycles. The summed E-state index contributed by atoms with van der Waals surface area (Å²) >= 11 is 5.63. The minimum Gasteiger partial charge on any atom is -0.329 e. The molecule has 2 aromatic rings. The SMILES string of the molecule is O=c1[nH]cccc1-c1ccc(F)c(Cl)c1. The van der Waals surface area contributed by atoms with Crippen LogP contribution in [0.4, 0.5) is 4.39 Å². The second-order valence-electron chi connectivity index (χ2n) is 3.04. The Morgan fingerprint density at radius 1 is 1.27 bits per heavy atom. The van der Waals surface area contributed by atoms with Gasteiger partial charge in [-0.3, -0.25) is 4.79 Å². The van der Waals surface area contributed by atoms with E-state index in [2.05, 4.69) is 4.98 Å². The van der Waals surface area contributed by atoms with Crippen molar-refractivity contribution in [3.05, 3.63) is 57.7 Å². The monoisotopic (exact) mass is 223 g/mol. The van der Waals surface area contributed by atoms with Gasteiger partial charge in [-0.1, -0.05) is 17.7 Å². The lowest BCUT2D eigenvalue weighted by atomic mass is 10.1. The van der Waals surface area contributed by atoms with E-state index < -0.39 is 5.82 Å². The predicted molar refractivity (Wildman–Crippen MR) is 57.5 cm³/mol. The van der Waals surface area contributed by atoms with Gasteiger partial charge in [0, 0.05) is 11.8 Å². The maximum absolute atomic E-state index is 12.9. The molecule has 1 N–H and O–H groups in total. The van der Waals surface area contributed by atoms with Crippen LogP contribution in [0.15, 0.2) is 41.3 Å². The van der Waals surface area contributed by atoms with E-state index in [9.17, 15) is 9.18 Å². The van der Waals surface area contributed by atoms with Gasteiger partial charge in [-0.25, -0.2) is 4.39 Å². The predicted octanol–water partition coefficient (Wildman–Crippen LogP) is 2.83. The van der Waals surface area contributed by atoms with Gasteiger partial charge in [0.1, 0.15) is 5.82 Å². The van der Waals surface area contributed by atoms with Gasteiger partial charge in [0.2, 0.25) is 0 Å². The Morgan fingerprint density at radius 2 is 2.07 bits per heavy atom. The summed E-state index contributed by atoms with van der Waals surface area (Å²) in [5.74, 6) is -0.493. The van der Waals surface area contributed by atoms with E-state index in [-0.39, 0.29) is 10.6 Å². The molecule has 15 heavy (non-hydrogen) atoms. The fraction of sp³-hybridized carbons (Fsp3) is 0. The number of aromatic amines is 1. The molecule has 0 unspecified atom stereocenters. The molecule has 0 saturated carbocycles. The van der Waals surface area contributed by atoms with Crippen molar-refractivity contribution in [3.8, 4) is 11.1 Å². The first-order valence-electron chi connectivity index (χ1n) is 4.31. The summed E-state index contributed by atoms with van der Waals surface area (Å²) < 4.78 is 12.9. The topological polar surface area (TPSA) is 32.9 Å². The van der Waals surface area contributed by atoms with Crippen LogP contribution in [0.1, 0.15) is 0 Å². The first kappa shape index (κ1) is 9.93. The molecule has 0 fully saturated rings. The molecule has 2 nitrogen and oxygen atoms in total. The van der Waals surface area contributed by atoms with Gasteiger partial charge in [0.25, 0.3) is 5.56 Å². The van der Waals surface area contributed by atoms with Gasteiger partial charge in [0.05, 0.1) is 5.02 Å². The van der Waals surface area contributed by atoms with Gasteiger partial charge in [-0.05, 0) is 29.8 Å². The molecule has 0 spiro atoms. The highest BCUT2D eigenvalue weighted by Gasteiger charge is 2.05. The zero-order chi connectivity index (χ0) is 10.8. The van der Waals surface area contributed by atoms with Gasteiger partial charge in [0.15, 0.2) is 0 Å². The Labute approximate surface area is 90.3 Å². The normalized spacial score (nSPS) is 10.3. The summed E-state index contributed by atoms with van der Waals surface area (Å²) in [5.41, 5.74) is 0.850. The highest BCUT2D eigenvalue weighted by molar-refractivity contribution is 6.31. The average molecular weight is 224 g/mol. The second kappa shape index (κ2) is 3.87. The molecule has 4 heteroatoms. The fourth-order valence-corrected chi connectivity index (χ4v) is 1.49. The third kappa shape index (κ3) is 1.92. The summed E-state index contributed by atoms with van der Waals surface area (Å²) in [7, 11) is 0. The maximum Gasteiger partial charge on any atom is 0.255 e. The zero-order valence-electron chi connectivity index (χ0n) is 7.63. The summed E-state index contributed by atoms with van der Waals surface area (Å²) in [5, 5.41) is 0.00996. The van der Waals surface area contributed by atoms with Crippen LogP contribution in [-0.4, -0.2) is 4.98 Å². The van der Waals surface area contributed by atoms with Gasteiger partial charge < -0.3 is 4.98 Å². The van der Waals surface area contributed by atoms with E-state index in [0.717, 1.165) is 0 Å². The van der Waals surface area contributed by atoms with Gasteiger partial charge in [-0.15, -0.1) is 0 Å². The quantitative estimate of drug-likeness (QED) is 0.792. The van der Waals surface area contributed by atoms with Crippen molar-refractivity contribution in [3.63, 3.8) is 0 Å². The molecule has 2 rings (SSSR count). The second-order valence-corrected chi connectivity index (χ2v) is 3.45. The van der Waals surface area contributed by atoms with Crippen molar-refractivity contribution in [1.29, 1.82) is 0 Å². The molecule has 0 atom stereocenters. The number of hydrogen-bond donors (Lipinski definition) is 1. The van der Waals surface area contributed by atoms with E-state index in [1.807, 2.05) is 0 Å². The van der Waals surface area contributed by atoms with Crippen LogP contribution in [0.5, 0.6) is 0 Å². The van der Waals surface area contributed by atoms with Crippen molar-refractivity contribution in [2.24, 2.45) is 0 Å². The highest BCUT2D eigenvalue weighted by Crippen LogP contribution is 2.22.